The van der Waals surface area contributed by atoms with Gasteiger partial charge < -0.3 is 8.97 Å². The van der Waals surface area contributed by atoms with Gasteiger partial charge in [-0.2, -0.15) is 0 Å². The van der Waals surface area contributed by atoms with Crippen molar-refractivity contribution in [3.05, 3.63) is 188 Å². The molecule has 0 bridgehead atoms. The second-order valence-corrected chi connectivity index (χ2v) is 17.5. The highest BCUT2D eigenvalue weighted by Crippen LogP contribution is 2.49. The largest absolute Gasteiger partial charge is 0.309 e. The summed E-state index contributed by atoms with van der Waals surface area (Å²) in [6.45, 7) is 0. The molecule has 6 heteroatoms. The molecule has 5 nitrogen and oxygen atoms in total. The molecule has 0 amide bonds. The minimum atomic E-state index is 0.666. The summed E-state index contributed by atoms with van der Waals surface area (Å²) in [5.74, 6) is 0.666. The van der Waals surface area contributed by atoms with Gasteiger partial charge in [-0.25, -0.2) is 9.97 Å². The average molecular weight is 806 g/mol. The molecule has 15 aromatic rings. The lowest BCUT2D eigenvalue weighted by Crippen LogP contribution is -2.03. The van der Waals surface area contributed by atoms with Crippen LogP contribution in [0.1, 0.15) is 0 Å². The van der Waals surface area contributed by atoms with Crippen molar-refractivity contribution in [1.29, 1.82) is 0 Å². The first kappa shape index (κ1) is 32.8. The predicted molar refractivity (Wildman–Crippen MR) is 261 cm³/mol. The number of hydrogen-bond acceptors (Lipinski definition) is 3. The number of nitrogens with zero attached hydrogens (tertiary/aromatic N) is 5. The van der Waals surface area contributed by atoms with Crippen LogP contribution in [0, 0.1) is 0 Å². The predicted octanol–water partition coefficient (Wildman–Crippen LogP) is 15.0. The Morgan fingerprint density at radius 1 is 0.371 bits per heavy atom. The van der Waals surface area contributed by atoms with Crippen LogP contribution in [0.3, 0.4) is 0 Å². The Labute approximate surface area is 356 Å². The Hall–Kier alpha value is -8.06. The van der Waals surface area contributed by atoms with Crippen molar-refractivity contribution in [2.75, 3.05) is 0 Å². The molecule has 0 radical (unpaired) electrons. The second kappa shape index (κ2) is 11.8. The van der Waals surface area contributed by atoms with Crippen molar-refractivity contribution < 1.29 is 0 Å². The molecule has 0 atom stereocenters. The fraction of sp³-hybridized carbons (Fsp3) is 0. The van der Waals surface area contributed by atoms with Gasteiger partial charge in [0.2, 0.25) is 5.95 Å². The number of aromatic nitrogens is 5. The number of thiophene rings is 1. The first-order valence-corrected chi connectivity index (χ1v) is 21.9. The van der Waals surface area contributed by atoms with E-state index in [0.717, 1.165) is 43.7 Å². The highest BCUT2D eigenvalue weighted by atomic mass is 32.1. The minimum Gasteiger partial charge on any atom is -0.309 e. The Morgan fingerprint density at radius 2 is 1.03 bits per heavy atom. The summed E-state index contributed by atoms with van der Waals surface area (Å²) in [4.78, 5) is 12.3. The van der Waals surface area contributed by atoms with Gasteiger partial charge >= 0.3 is 0 Å². The molecule has 0 unspecified atom stereocenters. The first-order valence-electron chi connectivity index (χ1n) is 21.1. The normalized spacial score (nSPS) is 12.5. The Bertz CT molecular complexity index is 4390. The Kier molecular flexibility index (Phi) is 6.24. The zero-order chi connectivity index (χ0) is 40.2. The van der Waals surface area contributed by atoms with E-state index in [0.29, 0.717) is 5.95 Å². The van der Waals surface area contributed by atoms with Crippen LogP contribution in [0.4, 0.5) is 0 Å². The number of para-hydroxylation sites is 4. The van der Waals surface area contributed by atoms with E-state index in [1.165, 1.54) is 86.0 Å². The molecule has 0 aliphatic heterocycles. The smallest absolute Gasteiger partial charge is 0.236 e. The third kappa shape index (κ3) is 4.12. The van der Waals surface area contributed by atoms with E-state index in [1.54, 1.807) is 11.3 Å². The van der Waals surface area contributed by atoms with Crippen LogP contribution in [0.25, 0.3) is 136 Å². The molecule has 6 heterocycles. The minimum absolute atomic E-state index is 0.666. The van der Waals surface area contributed by atoms with Gasteiger partial charge in [0, 0.05) is 69.8 Å². The average Bonchev–Trinajstić information content (AvgIpc) is 4.13. The molecule has 286 valence electrons. The molecule has 0 aliphatic carbocycles. The summed E-state index contributed by atoms with van der Waals surface area (Å²) in [5, 5.41) is 14.6. The topological polar surface area (TPSA) is 40.0 Å². The van der Waals surface area contributed by atoms with Crippen LogP contribution in [0.2, 0.25) is 0 Å². The van der Waals surface area contributed by atoms with E-state index >= 15 is 0 Å². The van der Waals surface area contributed by atoms with Crippen LogP contribution >= 0.6 is 11.3 Å². The van der Waals surface area contributed by atoms with E-state index in [9.17, 15) is 0 Å². The van der Waals surface area contributed by atoms with Crippen LogP contribution in [-0.2, 0) is 0 Å². The van der Waals surface area contributed by atoms with Crippen molar-refractivity contribution in [1.82, 2.24) is 23.5 Å². The van der Waals surface area contributed by atoms with Gasteiger partial charge in [-0.3, -0.25) is 4.57 Å². The highest BCUT2D eigenvalue weighted by molar-refractivity contribution is 7.25. The molecule has 6 aromatic heterocycles. The van der Waals surface area contributed by atoms with Crippen LogP contribution in [-0.4, -0.2) is 23.5 Å². The van der Waals surface area contributed by atoms with Gasteiger partial charge in [-0.05, 0) is 65.4 Å². The zero-order valence-electron chi connectivity index (χ0n) is 33.0. The third-order valence-electron chi connectivity index (χ3n) is 13.4. The maximum absolute atomic E-state index is 5.77. The van der Waals surface area contributed by atoms with Crippen molar-refractivity contribution in [2.45, 2.75) is 0 Å². The lowest BCUT2D eigenvalue weighted by Gasteiger charge is -2.12. The fourth-order valence-electron chi connectivity index (χ4n) is 10.9. The summed E-state index contributed by atoms with van der Waals surface area (Å²) in [6.07, 6.45) is 0. The number of hydrogen-bond donors (Lipinski definition) is 0. The molecular weight excluding hydrogens is 775 g/mol. The molecule has 9 aromatic carbocycles. The zero-order valence-corrected chi connectivity index (χ0v) is 33.9. The summed E-state index contributed by atoms with van der Waals surface area (Å²) in [5.41, 5.74) is 11.3. The van der Waals surface area contributed by atoms with E-state index in [-0.39, 0.29) is 0 Å². The van der Waals surface area contributed by atoms with Gasteiger partial charge in [0.25, 0.3) is 0 Å². The van der Waals surface area contributed by atoms with Gasteiger partial charge in [0.1, 0.15) is 4.83 Å². The summed E-state index contributed by atoms with van der Waals surface area (Å²) in [7, 11) is 0. The SMILES string of the molecule is c1ccc(-n2c3ccccc3c3ccc(-c4nc(-n5c6ccc7ccccc7c6c6c7c8ccccc8n8c9ccccc9c(cc65)c78)nc5sc6ccccc6c45)cc32)cc1. The Balaban J connectivity index is 1.12. The van der Waals surface area contributed by atoms with Gasteiger partial charge in [0.05, 0.1) is 44.3 Å². The maximum atomic E-state index is 5.77. The molecule has 62 heavy (non-hydrogen) atoms. The lowest BCUT2D eigenvalue weighted by atomic mass is 9.99. The van der Waals surface area contributed by atoms with E-state index < -0.39 is 0 Å². The standard InChI is InChI=1S/C56H31N5S/c1-2-15-34(16-3-1)59-42-22-10-6-18-36(42)38-28-26-33(30-46(38)59)53-51-40-21-9-13-25-48(40)62-55(51)58-56(57-53)61-45-29-27-32-14-4-5-17-35(32)49(45)52-47(61)31-41-37-19-7-11-23-43(37)60-44-24-12-8-20-39(44)50(52)54(41)60/h1-31H. The van der Waals surface area contributed by atoms with Crippen molar-refractivity contribution in [3.63, 3.8) is 0 Å². The number of benzene rings is 9. The number of rotatable bonds is 3. The van der Waals surface area contributed by atoms with Gasteiger partial charge in [-0.1, -0.05) is 133 Å². The van der Waals surface area contributed by atoms with Crippen molar-refractivity contribution in [2.24, 2.45) is 0 Å². The van der Waals surface area contributed by atoms with Crippen LogP contribution in [0.5, 0.6) is 0 Å². The van der Waals surface area contributed by atoms with Crippen molar-refractivity contribution in [3.8, 4) is 22.9 Å². The lowest BCUT2D eigenvalue weighted by molar-refractivity contribution is 1.02. The molecule has 0 fully saturated rings. The van der Waals surface area contributed by atoms with Crippen LogP contribution in [0.15, 0.2) is 188 Å². The first-order chi connectivity index (χ1) is 30.8. The highest BCUT2D eigenvalue weighted by Gasteiger charge is 2.27. The molecule has 0 spiro atoms. The molecule has 0 saturated carbocycles. The molecular formula is C56H31N5S. The monoisotopic (exact) mass is 805 g/mol. The summed E-state index contributed by atoms with van der Waals surface area (Å²) < 4.78 is 8.42. The van der Waals surface area contributed by atoms with Crippen LogP contribution < -0.4 is 0 Å². The number of fused-ring (bicyclic) bond motifs is 18. The van der Waals surface area contributed by atoms with Gasteiger partial charge in [-0.15, -0.1) is 11.3 Å². The molecule has 15 rings (SSSR count). The quantitative estimate of drug-likeness (QED) is 0.178. The maximum Gasteiger partial charge on any atom is 0.236 e. The molecule has 0 saturated heterocycles. The molecule has 0 aliphatic rings. The Morgan fingerprint density at radius 3 is 1.87 bits per heavy atom. The van der Waals surface area contributed by atoms with Gasteiger partial charge in [0.15, 0.2) is 0 Å². The summed E-state index contributed by atoms with van der Waals surface area (Å²) >= 11 is 1.74. The van der Waals surface area contributed by atoms with E-state index in [2.05, 4.69) is 202 Å². The summed E-state index contributed by atoms with van der Waals surface area (Å²) in [6, 6.07) is 68.5. The van der Waals surface area contributed by atoms with E-state index in [4.69, 9.17) is 9.97 Å². The second-order valence-electron chi connectivity index (χ2n) is 16.5. The third-order valence-corrected chi connectivity index (χ3v) is 14.4. The fourth-order valence-corrected chi connectivity index (χ4v) is 12.0. The molecule has 0 N–H and O–H groups in total. The van der Waals surface area contributed by atoms with E-state index in [1.807, 2.05) is 0 Å². The van der Waals surface area contributed by atoms with Crippen molar-refractivity contribution >= 4 is 124 Å².